The predicted molar refractivity (Wildman–Crippen MR) is 49.2 cm³/mol. The Kier molecular flexibility index (Phi) is 5.04. The fraction of sp³-hybridized carbons (Fsp3) is 0.714. The molecule has 0 aliphatic carbocycles. The maximum atomic E-state index is 8.67. The van der Waals surface area contributed by atoms with E-state index in [-0.39, 0.29) is 0 Å². The second-order valence-corrected chi connectivity index (χ2v) is 8.14. The molecule has 0 heterocycles. The zero-order chi connectivity index (χ0) is 8.04. The number of hydrogen-bond acceptors (Lipinski definition) is 1. The van der Waals surface area contributed by atoms with Gasteiger partial charge in [-0.15, -0.1) is 11.6 Å². The molecule has 0 saturated heterocycles. The van der Waals surface area contributed by atoms with Crippen molar-refractivity contribution in [1.29, 1.82) is 0 Å². The van der Waals surface area contributed by atoms with E-state index in [4.69, 9.17) is 16.7 Å². The summed E-state index contributed by atoms with van der Waals surface area (Å²) >= 11 is 5.48. The van der Waals surface area contributed by atoms with Gasteiger partial charge in [-0.1, -0.05) is 24.9 Å². The molecule has 60 valence electrons. The molecule has 0 radical (unpaired) electrons. The van der Waals surface area contributed by atoms with Crippen LogP contribution in [0, 0.1) is 0 Å². The van der Waals surface area contributed by atoms with E-state index in [1.807, 2.05) is 6.08 Å². The topological polar surface area (TPSA) is 20.2 Å². The second-order valence-electron chi connectivity index (χ2n) is 3.02. The molecule has 1 nitrogen and oxygen atoms in total. The molecule has 0 bridgehead atoms. The van der Waals surface area contributed by atoms with E-state index in [1.54, 1.807) is 0 Å². The van der Waals surface area contributed by atoms with Crippen molar-refractivity contribution < 1.29 is 5.11 Å². The van der Waals surface area contributed by atoms with Crippen molar-refractivity contribution in [2.45, 2.75) is 19.1 Å². The van der Waals surface area contributed by atoms with Gasteiger partial charge in [0.1, 0.15) is 0 Å². The van der Waals surface area contributed by atoms with Gasteiger partial charge in [0.05, 0.1) is 8.07 Å². The lowest BCUT2D eigenvalue weighted by molar-refractivity contribution is 0.317. The van der Waals surface area contributed by atoms with Crippen molar-refractivity contribution in [2.75, 3.05) is 12.5 Å². The minimum atomic E-state index is -1.24. The molecule has 0 aliphatic rings. The largest absolute Gasteiger partial charge is 0.397 e. The lowest BCUT2D eigenvalue weighted by Gasteiger charge is -2.14. The third-order valence-electron chi connectivity index (χ3n) is 1.41. The number of alkyl halides is 1. The van der Waals surface area contributed by atoms with Gasteiger partial charge in [-0.25, -0.2) is 0 Å². The first-order chi connectivity index (χ1) is 4.62. The molecule has 3 heteroatoms. The van der Waals surface area contributed by atoms with E-state index in [1.165, 1.54) is 0 Å². The summed E-state index contributed by atoms with van der Waals surface area (Å²) in [6.45, 7) is 4.73. The summed E-state index contributed by atoms with van der Waals surface area (Å²) in [5.41, 5.74) is 2.18. The first-order valence-corrected chi connectivity index (χ1v) is 7.29. The fourth-order valence-corrected chi connectivity index (χ4v) is 2.47. The predicted octanol–water partition coefficient (Wildman–Crippen LogP) is 2.02. The third-order valence-corrected chi connectivity index (χ3v) is 4.24. The normalized spacial score (nSPS) is 12.8. The van der Waals surface area contributed by atoms with Crippen molar-refractivity contribution in [3.63, 3.8) is 0 Å². The van der Waals surface area contributed by atoms with Gasteiger partial charge < -0.3 is 5.11 Å². The number of allylic oxidation sites excluding steroid dienone is 1. The van der Waals surface area contributed by atoms with Crippen LogP contribution in [0.2, 0.25) is 19.1 Å². The highest BCUT2D eigenvalue weighted by Crippen LogP contribution is 2.09. The molecule has 0 unspecified atom stereocenters. The molecule has 0 aromatic carbocycles. The Labute approximate surface area is 68.7 Å². The molecular weight excluding hydrogens is 164 g/mol. The first kappa shape index (κ1) is 10.2. The van der Waals surface area contributed by atoms with Crippen LogP contribution in [0.25, 0.3) is 0 Å². The summed E-state index contributed by atoms with van der Waals surface area (Å²) in [5, 5.41) is 8.67. The Hall–Kier alpha value is 0.207. The van der Waals surface area contributed by atoms with E-state index in [0.29, 0.717) is 12.5 Å². The Morgan fingerprint density at radius 2 is 2.10 bits per heavy atom. The lowest BCUT2D eigenvalue weighted by Crippen LogP contribution is -2.23. The molecule has 0 atom stereocenters. The van der Waals surface area contributed by atoms with Crippen LogP contribution >= 0.6 is 11.6 Å². The number of halogens is 1. The van der Waals surface area contributed by atoms with Crippen molar-refractivity contribution in [1.82, 2.24) is 0 Å². The summed E-state index contributed by atoms with van der Waals surface area (Å²) in [7, 11) is -1.24. The van der Waals surface area contributed by atoms with Crippen LogP contribution in [0.5, 0.6) is 0 Å². The maximum absolute atomic E-state index is 8.67. The number of rotatable bonds is 4. The number of aliphatic hydroxyl groups excluding tert-OH is 1. The molecule has 0 saturated carbocycles. The highest BCUT2D eigenvalue weighted by molar-refractivity contribution is 6.82. The average Bonchev–Trinajstić information content (AvgIpc) is 1.84. The molecular formula is C7H15ClOSi. The van der Waals surface area contributed by atoms with Crippen LogP contribution in [0.4, 0.5) is 0 Å². The van der Waals surface area contributed by atoms with Crippen LogP contribution in [-0.4, -0.2) is 25.7 Å². The fourth-order valence-electron chi connectivity index (χ4n) is 0.735. The number of aliphatic hydroxyl groups is 1. The molecule has 0 spiro atoms. The minimum Gasteiger partial charge on any atom is -0.397 e. The smallest absolute Gasteiger partial charge is 0.0736 e. The summed E-state index contributed by atoms with van der Waals surface area (Å²) in [5.74, 6) is 0.585. The van der Waals surface area contributed by atoms with Gasteiger partial charge in [-0.3, -0.25) is 0 Å². The Bertz CT molecular complexity index is 112. The molecule has 0 aromatic heterocycles. The van der Waals surface area contributed by atoms with Gasteiger partial charge in [-0.2, -0.15) is 0 Å². The van der Waals surface area contributed by atoms with Crippen molar-refractivity contribution >= 4 is 19.7 Å². The SMILES string of the molecule is C[Si](C)(/C=C/CCl)CCO. The van der Waals surface area contributed by atoms with Gasteiger partial charge in [0.25, 0.3) is 0 Å². The Balaban J connectivity index is 3.73. The molecule has 0 rings (SSSR count). The average molecular weight is 179 g/mol. The third kappa shape index (κ3) is 5.03. The van der Waals surface area contributed by atoms with Gasteiger partial charge >= 0.3 is 0 Å². The zero-order valence-electron chi connectivity index (χ0n) is 6.60. The second kappa shape index (κ2) is 4.94. The van der Waals surface area contributed by atoms with Crippen LogP contribution in [0.15, 0.2) is 11.8 Å². The van der Waals surface area contributed by atoms with Crippen molar-refractivity contribution in [3.8, 4) is 0 Å². The lowest BCUT2D eigenvalue weighted by atomic mass is 10.8. The maximum Gasteiger partial charge on any atom is 0.0736 e. The van der Waals surface area contributed by atoms with Gasteiger partial charge in [0.15, 0.2) is 0 Å². The van der Waals surface area contributed by atoms with Crippen LogP contribution in [0.1, 0.15) is 0 Å². The molecule has 10 heavy (non-hydrogen) atoms. The Morgan fingerprint density at radius 1 is 1.50 bits per heavy atom. The van der Waals surface area contributed by atoms with Crippen molar-refractivity contribution in [3.05, 3.63) is 11.8 Å². The van der Waals surface area contributed by atoms with Gasteiger partial charge in [0, 0.05) is 12.5 Å². The number of hydrogen-bond donors (Lipinski definition) is 1. The molecule has 0 fully saturated rings. The molecule has 0 amide bonds. The van der Waals surface area contributed by atoms with Gasteiger partial charge in [-0.05, 0) is 6.04 Å². The van der Waals surface area contributed by atoms with E-state index >= 15 is 0 Å². The molecule has 0 aliphatic heterocycles. The highest BCUT2D eigenvalue weighted by atomic mass is 35.5. The molecule has 0 aromatic rings. The minimum absolute atomic E-state index is 0.297. The summed E-state index contributed by atoms with van der Waals surface area (Å²) in [6, 6.07) is 0.931. The standard InChI is InChI=1S/C7H15ClOSi/c1-10(2,7-5-9)6-3-4-8/h3,6,9H,4-5,7H2,1-2H3/b6-3+. The zero-order valence-corrected chi connectivity index (χ0v) is 8.36. The summed E-state index contributed by atoms with van der Waals surface area (Å²) < 4.78 is 0. The monoisotopic (exact) mass is 178 g/mol. The Morgan fingerprint density at radius 3 is 2.50 bits per heavy atom. The van der Waals surface area contributed by atoms with Crippen LogP contribution in [0.3, 0.4) is 0 Å². The highest BCUT2D eigenvalue weighted by Gasteiger charge is 2.14. The summed E-state index contributed by atoms with van der Waals surface area (Å²) in [6.07, 6.45) is 1.98. The van der Waals surface area contributed by atoms with Crippen molar-refractivity contribution in [2.24, 2.45) is 0 Å². The first-order valence-electron chi connectivity index (χ1n) is 3.47. The van der Waals surface area contributed by atoms with E-state index in [2.05, 4.69) is 18.8 Å². The quantitative estimate of drug-likeness (QED) is 0.516. The van der Waals surface area contributed by atoms with Crippen LogP contribution in [-0.2, 0) is 0 Å². The van der Waals surface area contributed by atoms with E-state index in [0.717, 1.165) is 6.04 Å². The molecule has 1 N–H and O–H groups in total. The van der Waals surface area contributed by atoms with Gasteiger partial charge in [0.2, 0.25) is 0 Å². The van der Waals surface area contributed by atoms with Crippen LogP contribution < -0.4 is 0 Å². The van der Waals surface area contributed by atoms with E-state index < -0.39 is 8.07 Å². The van der Waals surface area contributed by atoms with E-state index in [9.17, 15) is 0 Å². The summed E-state index contributed by atoms with van der Waals surface area (Å²) in [4.78, 5) is 0.